The van der Waals surface area contributed by atoms with E-state index in [1.54, 1.807) is 0 Å². The lowest BCUT2D eigenvalue weighted by Crippen LogP contribution is -2.66. The average molecular weight is 813 g/mol. The topological polar surface area (TPSA) is 76.2 Å². The third-order valence-corrected chi connectivity index (χ3v) is 17.0. The van der Waals surface area contributed by atoms with Gasteiger partial charge in [-0.05, 0) is 200 Å². The Kier molecular flexibility index (Phi) is 12.2. The van der Waals surface area contributed by atoms with Crippen LogP contribution in [0.5, 0.6) is 0 Å². The molecule has 6 rings (SSSR count). The van der Waals surface area contributed by atoms with Gasteiger partial charge in [0, 0.05) is 19.6 Å². The van der Waals surface area contributed by atoms with E-state index in [2.05, 4.69) is 85.3 Å². The first-order chi connectivity index (χ1) is 27.2. The predicted octanol–water partition coefficient (Wildman–Crippen LogP) is 11.4. The summed E-state index contributed by atoms with van der Waals surface area (Å²) in [6.07, 6.45) is 12.9. The second kappa shape index (κ2) is 15.8. The summed E-state index contributed by atoms with van der Waals surface area (Å²) in [6, 6.07) is 8.15. The van der Waals surface area contributed by atoms with Crippen LogP contribution in [0.15, 0.2) is 42.5 Å². The van der Waals surface area contributed by atoms with E-state index in [-0.39, 0.29) is 45.4 Å². The Labute approximate surface area is 358 Å². The number of likely N-dealkylation sites (N-methyl/N-ethyl adjacent to an activating group) is 1. The number of esters is 2. The maximum absolute atomic E-state index is 14.1. The third kappa shape index (κ3) is 8.38. The molecule has 7 heteroatoms. The second-order valence-electron chi connectivity index (χ2n) is 23.6. The van der Waals surface area contributed by atoms with Crippen molar-refractivity contribution in [2.24, 2.45) is 56.7 Å². The number of fused-ring (bicyclic) bond motifs is 7. The molecule has 5 aliphatic rings. The van der Waals surface area contributed by atoms with Gasteiger partial charge in [0.15, 0.2) is 0 Å². The van der Waals surface area contributed by atoms with E-state index in [4.69, 9.17) is 9.47 Å². The molecule has 1 amide bonds. The summed E-state index contributed by atoms with van der Waals surface area (Å²) in [5.41, 5.74) is 3.93. The Hall–Kier alpha value is -2.93. The molecular formula is C52H80N2O5. The first kappa shape index (κ1) is 45.6. The standard InChI is InChI=1S/C52H80N2O5/c1-34(2)37-22-27-52(33-54(31-30-53(14)15)42(55)32-43(56)58-46(3,4)5)29-28-50(12)39(44(37)52)20-21-41-49(11)25-23-38(48(9,10)40(49)24-26-51(41,50)13)35-16-18-36(19-17-35)45(57)59-47(6,7)8/h16-19,23,37,39-41,44H,1,20-22,24-33H2,2-15H3. The number of carbonyl (C=O) groups is 3. The summed E-state index contributed by atoms with van der Waals surface area (Å²) in [7, 11) is 4.11. The lowest BCUT2D eigenvalue weighted by Gasteiger charge is -2.72. The van der Waals surface area contributed by atoms with Gasteiger partial charge in [0.05, 0.1) is 5.56 Å². The fourth-order valence-electron chi connectivity index (χ4n) is 14.4. The van der Waals surface area contributed by atoms with Crippen LogP contribution in [0.3, 0.4) is 0 Å². The normalized spacial score (nSPS) is 35.0. The molecule has 0 aliphatic heterocycles. The van der Waals surface area contributed by atoms with E-state index in [0.29, 0.717) is 48.2 Å². The SMILES string of the molecule is C=C(C)C1CCC2(CN(CCN(C)C)C(=O)CC(=O)OC(C)(C)C)CCC3(C)C(CCC4C5(C)CC=C(c6ccc(C(=O)OC(C)(C)C)cc6)C(C)(C)C5CCC43C)C12. The fourth-order valence-corrected chi connectivity index (χ4v) is 14.4. The first-order valence-corrected chi connectivity index (χ1v) is 23.0. The van der Waals surface area contributed by atoms with E-state index in [1.807, 2.05) is 58.6 Å². The summed E-state index contributed by atoms with van der Waals surface area (Å²) in [4.78, 5) is 44.1. The van der Waals surface area contributed by atoms with Gasteiger partial charge in [-0.25, -0.2) is 4.79 Å². The van der Waals surface area contributed by atoms with Gasteiger partial charge in [-0.2, -0.15) is 0 Å². The molecule has 328 valence electrons. The van der Waals surface area contributed by atoms with Crippen LogP contribution in [0, 0.1) is 56.7 Å². The van der Waals surface area contributed by atoms with Gasteiger partial charge in [0.25, 0.3) is 0 Å². The van der Waals surface area contributed by atoms with E-state index < -0.39 is 17.2 Å². The first-order valence-electron chi connectivity index (χ1n) is 23.0. The van der Waals surface area contributed by atoms with Gasteiger partial charge < -0.3 is 19.3 Å². The molecule has 0 radical (unpaired) electrons. The minimum Gasteiger partial charge on any atom is -0.460 e. The highest BCUT2D eigenvalue weighted by Gasteiger charge is 2.70. The van der Waals surface area contributed by atoms with Crippen LogP contribution in [-0.4, -0.2) is 72.6 Å². The number of ether oxygens (including phenoxy) is 2. The van der Waals surface area contributed by atoms with E-state index in [1.165, 1.54) is 48.8 Å². The van der Waals surface area contributed by atoms with Crippen molar-refractivity contribution < 1.29 is 23.9 Å². The highest BCUT2D eigenvalue weighted by Crippen LogP contribution is 2.77. The van der Waals surface area contributed by atoms with E-state index in [0.717, 1.165) is 32.2 Å². The summed E-state index contributed by atoms with van der Waals surface area (Å²) >= 11 is 0. The molecule has 9 unspecified atom stereocenters. The molecule has 1 aromatic carbocycles. The van der Waals surface area contributed by atoms with Crippen LogP contribution in [0.2, 0.25) is 0 Å². The number of allylic oxidation sites excluding steroid dienone is 3. The van der Waals surface area contributed by atoms with Crippen LogP contribution in [0.1, 0.15) is 163 Å². The fraction of sp³-hybridized carbons (Fsp3) is 0.750. The van der Waals surface area contributed by atoms with Crippen molar-refractivity contribution in [3.8, 4) is 0 Å². The lowest BCUT2D eigenvalue weighted by atomic mass is 9.32. The number of hydrogen-bond acceptors (Lipinski definition) is 6. The highest BCUT2D eigenvalue weighted by atomic mass is 16.6. The molecule has 0 spiro atoms. The van der Waals surface area contributed by atoms with Crippen molar-refractivity contribution in [3.05, 3.63) is 53.6 Å². The van der Waals surface area contributed by atoms with Gasteiger partial charge >= 0.3 is 11.9 Å². The number of nitrogens with zero attached hydrogens (tertiary/aromatic N) is 2. The van der Waals surface area contributed by atoms with Crippen molar-refractivity contribution in [3.63, 3.8) is 0 Å². The molecule has 4 fully saturated rings. The van der Waals surface area contributed by atoms with Crippen LogP contribution in [0.25, 0.3) is 5.57 Å². The number of hydrogen-bond donors (Lipinski definition) is 0. The Bertz CT molecular complexity index is 1810. The number of amides is 1. The van der Waals surface area contributed by atoms with Gasteiger partial charge in [0.2, 0.25) is 5.91 Å². The quantitative estimate of drug-likeness (QED) is 0.133. The molecular weight excluding hydrogens is 733 g/mol. The Morgan fingerprint density at radius 2 is 1.42 bits per heavy atom. The van der Waals surface area contributed by atoms with Crippen molar-refractivity contribution in [1.82, 2.24) is 9.80 Å². The number of rotatable bonds is 10. The van der Waals surface area contributed by atoms with Crippen LogP contribution < -0.4 is 0 Å². The van der Waals surface area contributed by atoms with E-state index >= 15 is 0 Å². The Morgan fingerprint density at radius 3 is 2.02 bits per heavy atom. The molecule has 0 saturated heterocycles. The Balaban J connectivity index is 1.28. The Morgan fingerprint density at radius 1 is 0.780 bits per heavy atom. The van der Waals surface area contributed by atoms with E-state index in [9.17, 15) is 14.4 Å². The maximum atomic E-state index is 14.1. The summed E-state index contributed by atoms with van der Waals surface area (Å²) in [5.74, 6) is 1.83. The minimum atomic E-state index is -0.627. The van der Waals surface area contributed by atoms with Crippen LogP contribution >= 0.6 is 0 Å². The molecule has 4 saturated carbocycles. The minimum absolute atomic E-state index is 0.0114. The molecule has 5 aliphatic carbocycles. The number of carbonyl (C=O) groups excluding carboxylic acids is 3. The molecule has 0 aromatic heterocycles. The van der Waals surface area contributed by atoms with Crippen LogP contribution in [-0.2, 0) is 19.1 Å². The summed E-state index contributed by atoms with van der Waals surface area (Å²) < 4.78 is 11.3. The average Bonchev–Trinajstić information content (AvgIpc) is 3.48. The van der Waals surface area contributed by atoms with Gasteiger partial charge in [-0.1, -0.05) is 65.0 Å². The van der Waals surface area contributed by atoms with Crippen molar-refractivity contribution in [1.29, 1.82) is 0 Å². The molecule has 7 nitrogen and oxygen atoms in total. The van der Waals surface area contributed by atoms with Gasteiger partial charge in [-0.15, -0.1) is 0 Å². The summed E-state index contributed by atoms with van der Waals surface area (Å²) in [6.45, 7) is 33.3. The van der Waals surface area contributed by atoms with Crippen molar-refractivity contribution in [2.45, 2.75) is 158 Å². The lowest BCUT2D eigenvalue weighted by molar-refractivity contribution is -0.226. The number of benzene rings is 1. The smallest absolute Gasteiger partial charge is 0.338 e. The molecule has 1 aromatic rings. The molecule has 0 bridgehead atoms. The molecule has 9 atom stereocenters. The zero-order valence-electron chi connectivity index (χ0n) is 39.6. The van der Waals surface area contributed by atoms with Gasteiger partial charge in [-0.3, -0.25) is 9.59 Å². The zero-order chi connectivity index (χ0) is 43.7. The largest absolute Gasteiger partial charge is 0.460 e. The van der Waals surface area contributed by atoms with Crippen LogP contribution in [0.4, 0.5) is 0 Å². The zero-order valence-corrected chi connectivity index (χ0v) is 39.6. The third-order valence-electron chi connectivity index (χ3n) is 17.0. The highest BCUT2D eigenvalue weighted by molar-refractivity contribution is 5.94. The predicted molar refractivity (Wildman–Crippen MR) is 240 cm³/mol. The molecule has 0 heterocycles. The summed E-state index contributed by atoms with van der Waals surface area (Å²) in [5, 5.41) is 0. The monoisotopic (exact) mass is 813 g/mol. The molecule has 0 N–H and O–H groups in total. The van der Waals surface area contributed by atoms with Crippen molar-refractivity contribution >= 4 is 23.4 Å². The van der Waals surface area contributed by atoms with Crippen molar-refractivity contribution in [2.75, 3.05) is 33.7 Å². The molecule has 59 heavy (non-hydrogen) atoms. The maximum Gasteiger partial charge on any atom is 0.338 e. The van der Waals surface area contributed by atoms with Gasteiger partial charge in [0.1, 0.15) is 17.6 Å². The second-order valence-corrected chi connectivity index (χ2v) is 23.6.